The predicted molar refractivity (Wildman–Crippen MR) is 86.0 cm³/mol. The quantitative estimate of drug-likeness (QED) is 0.882. The first-order valence-corrected chi connectivity index (χ1v) is 9.07. The molecule has 3 N–H and O–H groups in total. The lowest BCUT2D eigenvalue weighted by Crippen LogP contribution is -2.42. The zero-order chi connectivity index (χ0) is 16.4. The molecule has 0 radical (unpaired) electrons. The molecule has 7 heteroatoms. The van der Waals surface area contributed by atoms with E-state index in [0.717, 1.165) is 19.4 Å². The van der Waals surface area contributed by atoms with Gasteiger partial charge in [0.25, 0.3) is 0 Å². The normalized spacial score (nSPS) is 23.3. The molecule has 2 rings (SSSR count). The van der Waals surface area contributed by atoms with Gasteiger partial charge in [-0.1, -0.05) is 20.8 Å². The maximum absolute atomic E-state index is 11.6. The number of hydrogen-bond donors (Lipinski definition) is 2. The van der Waals surface area contributed by atoms with E-state index in [1.807, 2.05) is 0 Å². The van der Waals surface area contributed by atoms with Crippen LogP contribution in [0.5, 0.6) is 0 Å². The van der Waals surface area contributed by atoms with Crippen molar-refractivity contribution in [2.45, 2.75) is 44.6 Å². The van der Waals surface area contributed by atoms with Crippen molar-refractivity contribution >= 4 is 15.8 Å². The van der Waals surface area contributed by atoms with E-state index < -0.39 is 10.0 Å². The molecule has 1 aromatic heterocycles. The lowest BCUT2D eigenvalue weighted by molar-refractivity contribution is -0.0814. The van der Waals surface area contributed by atoms with Gasteiger partial charge in [0, 0.05) is 25.3 Å². The van der Waals surface area contributed by atoms with Crippen molar-refractivity contribution in [1.82, 2.24) is 4.98 Å². The third kappa shape index (κ3) is 4.18. The van der Waals surface area contributed by atoms with E-state index in [0.29, 0.717) is 18.3 Å². The molecule has 1 saturated heterocycles. The minimum atomic E-state index is -3.78. The van der Waals surface area contributed by atoms with Crippen LogP contribution in [0.1, 0.15) is 33.6 Å². The van der Waals surface area contributed by atoms with Crippen LogP contribution in [0.25, 0.3) is 0 Å². The van der Waals surface area contributed by atoms with Crippen LogP contribution in [0.3, 0.4) is 0 Å². The topological polar surface area (TPSA) is 94.3 Å². The summed E-state index contributed by atoms with van der Waals surface area (Å²) in [5.74, 6) is 0.618. The molecule has 2 unspecified atom stereocenters. The maximum Gasteiger partial charge on any atom is 0.241 e. The molecule has 1 fully saturated rings. The lowest BCUT2D eigenvalue weighted by atomic mass is 9.78. The summed E-state index contributed by atoms with van der Waals surface area (Å²) in [5, 5.41) is 8.37. The van der Waals surface area contributed by atoms with Gasteiger partial charge in [-0.3, -0.25) is 0 Å². The Morgan fingerprint density at radius 2 is 2.18 bits per heavy atom. The van der Waals surface area contributed by atoms with Crippen LogP contribution in [-0.4, -0.2) is 32.7 Å². The van der Waals surface area contributed by atoms with Crippen molar-refractivity contribution in [2.24, 2.45) is 16.5 Å². The minimum Gasteiger partial charge on any atom is -0.377 e. The SMILES string of the molecule is CC(C)(C)C1OCCCC1CNc1ncccc1S(N)(=O)=O. The summed E-state index contributed by atoms with van der Waals surface area (Å²) in [6, 6.07) is 3.02. The smallest absolute Gasteiger partial charge is 0.241 e. The molecule has 1 aliphatic rings. The van der Waals surface area contributed by atoms with E-state index in [4.69, 9.17) is 9.88 Å². The molecule has 2 atom stereocenters. The van der Waals surface area contributed by atoms with Crippen LogP contribution >= 0.6 is 0 Å². The third-order valence-corrected chi connectivity index (χ3v) is 4.85. The highest BCUT2D eigenvalue weighted by Crippen LogP contribution is 2.34. The van der Waals surface area contributed by atoms with Gasteiger partial charge in [-0.15, -0.1) is 0 Å². The highest BCUT2D eigenvalue weighted by molar-refractivity contribution is 7.89. The summed E-state index contributed by atoms with van der Waals surface area (Å²) < 4.78 is 29.1. The van der Waals surface area contributed by atoms with Gasteiger partial charge in [0.1, 0.15) is 10.7 Å². The van der Waals surface area contributed by atoms with Gasteiger partial charge < -0.3 is 10.1 Å². The number of aromatic nitrogens is 1. The molecule has 22 heavy (non-hydrogen) atoms. The number of anilines is 1. The highest BCUT2D eigenvalue weighted by atomic mass is 32.2. The van der Waals surface area contributed by atoms with Crippen molar-refractivity contribution in [3.8, 4) is 0 Å². The van der Waals surface area contributed by atoms with Crippen LogP contribution in [0.2, 0.25) is 0 Å². The van der Waals surface area contributed by atoms with Gasteiger partial charge in [-0.2, -0.15) is 0 Å². The van der Waals surface area contributed by atoms with Crippen molar-refractivity contribution in [3.63, 3.8) is 0 Å². The number of sulfonamides is 1. The van der Waals surface area contributed by atoms with E-state index in [1.165, 1.54) is 6.07 Å². The average molecular weight is 327 g/mol. The Hall–Kier alpha value is -1.18. The predicted octanol–water partition coefficient (Wildman–Crippen LogP) is 1.98. The Balaban J connectivity index is 2.12. The van der Waals surface area contributed by atoms with Crippen molar-refractivity contribution in [1.29, 1.82) is 0 Å². The number of nitrogens with zero attached hydrogens (tertiary/aromatic N) is 1. The Morgan fingerprint density at radius 3 is 2.82 bits per heavy atom. The zero-order valence-electron chi connectivity index (χ0n) is 13.4. The molecule has 2 heterocycles. The van der Waals surface area contributed by atoms with E-state index >= 15 is 0 Å². The van der Waals surface area contributed by atoms with Gasteiger partial charge in [-0.05, 0) is 30.4 Å². The Morgan fingerprint density at radius 1 is 1.45 bits per heavy atom. The molecule has 0 aromatic carbocycles. The largest absolute Gasteiger partial charge is 0.377 e. The first-order valence-electron chi connectivity index (χ1n) is 7.53. The summed E-state index contributed by atoms with van der Waals surface area (Å²) in [5.41, 5.74) is 0.0413. The second kappa shape index (κ2) is 6.52. The highest BCUT2D eigenvalue weighted by Gasteiger charge is 2.35. The average Bonchev–Trinajstić information content (AvgIpc) is 2.44. The van der Waals surface area contributed by atoms with Gasteiger partial charge in [0.05, 0.1) is 6.10 Å². The van der Waals surface area contributed by atoms with Crippen LogP contribution in [0, 0.1) is 11.3 Å². The number of pyridine rings is 1. The molecule has 124 valence electrons. The third-order valence-electron chi connectivity index (χ3n) is 3.91. The second-order valence-corrected chi connectivity index (χ2v) is 8.37. The van der Waals surface area contributed by atoms with Crippen LogP contribution in [-0.2, 0) is 14.8 Å². The van der Waals surface area contributed by atoms with Crippen molar-refractivity contribution in [3.05, 3.63) is 18.3 Å². The molecule has 0 amide bonds. The molecule has 0 saturated carbocycles. The maximum atomic E-state index is 11.6. The van der Waals surface area contributed by atoms with E-state index in [9.17, 15) is 8.42 Å². The molecule has 1 aromatic rings. The van der Waals surface area contributed by atoms with Gasteiger partial charge in [0.2, 0.25) is 10.0 Å². The minimum absolute atomic E-state index is 0.0269. The molecular weight excluding hydrogens is 302 g/mol. The van der Waals surface area contributed by atoms with E-state index in [1.54, 1.807) is 12.3 Å². The number of hydrogen-bond acceptors (Lipinski definition) is 5. The first-order chi connectivity index (χ1) is 10.2. The molecule has 0 aliphatic carbocycles. The number of ether oxygens (including phenoxy) is 1. The number of nitrogens with one attached hydrogen (secondary N) is 1. The molecule has 0 bridgehead atoms. The summed E-state index contributed by atoms with van der Waals surface area (Å²) in [6.07, 6.45) is 3.75. The van der Waals surface area contributed by atoms with Crippen molar-refractivity contribution in [2.75, 3.05) is 18.5 Å². The molecule has 1 aliphatic heterocycles. The van der Waals surface area contributed by atoms with Gasteiger partial charge in [-0.25, -0.2) is 18.5 Å². The van der Waals surface area contributed by atoms with E-state index in [2.05, 4.69) is 31.1 Å². The van der Waals surface area contributed by atoms with Crippen LogP contribution in [0.15, 0.2) is 23.2 Å². The van der Waals surface area contributed by atoms with Gasteiger partial charge >= 0.3 is 0 Å². The number of primary sulfonamides is 1. The molecule has 6 nitrogen and oxygen atoms in total. The first kappa shape index (κ1) is 17.2. The number of nitrogens with two attached hydrogens (primary N) is 1. The summed E-state index contributed by atoms with van der Waals surface area (Å²) in [4.78, 5) is 4.13. The van der Waals surface area contributed by atoms with Crippen LogP contribution < -0.4 is 10.5 Å². The Bertz CT molecular complexity index is 611. The summed E-state index contributed by atoms with van der Waals surface area (Å²) in [7, 11) is -3.78. The van der Waals surface area contributed by atoms with Crippen LogP contribution in [0.4, 0.5) is 5.82 Å². The fourth-order valence-corrected chi connectivity index (χ4v) is 3.65. The van der Waals surface area contributed by atoms with Gasteiger partial charge in [0.15, 0.2) is 0 Å². The zero-order valence-corrected chi connectivity index (χ0v) is 14.2. The Kier molecular flexibility index (Phi) is 5.09. The second-order valence-electron chi connectivity index (χ2n) is 6.84. The Labute approximate surface area is 132 Å². The molecule has 0 spiro atoms. The fraction of sp³-hybridized carbons (Fsp3) is 0.667. The summed E-state index contributed by atoms with van der Waals surface area (Å²) >= 11 is 0. The fourth-order valence-electron chi connectivity index (χ4n) is 2.99. The summed E-state index contributed by atoms with van der Waals surface area (Å²) in [6.45, 7) is 7.87. The molecular formula is C15H25N3O3S. The standard InChI is InChI=1S/C15H25N3O3S/c1-15(2,3)13-11(6-5-9-21-13)10-18-14-12(22(16,19)20)7-4-8-17-14/h4,7-8,11,13H,5-6,9-10H2,1-3H3,(H,17,18)(H2,16,19,20). The number of rotatable bonds is 4. The van der Waals surface area contributed by atoms with E-state index in [-0.39, 0.29) is 16.4 Å². The van der Waals surface area contributed by atoms with Crippen molar-refractivity contribution < 1.29 is 13.2 Å². The monoisotopic (exact) mass is 327 g/mol. The lowest BCUT2D eigenvalue weighted by Gasteiger charge is -2.40.